The van der Waals surface area contributed by atoms with E-state index in [4.69, 9.17) is 9.15 Å². The van der Waals surface area contributed by atoms with Crippen LogP contribution in [0.25, 0.3) is 22.2 Å². The molecule has 0 saturated heterocycles. The lowest BCUT2D eigenvalue weighted by Gasteiger charge is -2.05. The Morgan fingerprint density at radius 1 is 1.07 bits per heavy atom. The molecule has 5 heteroatoms. The number of aromatic amines is 1. The summed E-state index contributed by atoms with van der Waals surface area (Å²) in [5.74, 6) is 2.51. The number of hydrogen-bond acceptors (Lipinski definition) is 3. The minimum Gasteiger partial charge on any atom is -0.497 e. The number of H-pyrrole nitrogens is 1. The lowest BCUT2D eigenvalue weighted by Crippen LogP contribution is -2.25. The topological polar surface area (TPSA) is 67.3 Å². The molecule has 4 rings (SSSR count). The normalized spacial score (nSPS) is 10.9. The Morgan fingerprint density at radius 2 is 1.93 bits per heavy atom. The van der Waals surface area contributed by atoms with Crippen LogP contribution < -0.4 is 10.1 Å². The summed E-state index contributed by atoms with van der Waals surface area (Å²) in [6, 6.07) is 19.8. The van der Waals surface area contributed by atoms with E-state index >= 15 is 0 Å². The van der Waals surface area contributed by atoms with Crippen LogP contribution in [0.5, 0.6) is 5.75 Å². The van der Waals surface area contributed by atoms with Gasteiger partial charge < -0.3 is 19.5 Å². The maximum Gasteiger partial charge on any atom is 0.220 e. The van der Waals surface area contributed by atoms with Crippen LogP contribution in [0.4, 0.5) is 0 Å². The summed E-state index contributed by atoms with van der Waals surface area (Å²) in [5, 5.41) is 4.15. The van der Waals surface area contributed by atoms with E-state index in [1.54, 1.807) is 7.11 Å². The molecule has 4 aromatic rings. The highest BCUT2D eigenvalue weighted by Gasteiger charge is 2.09. The molecule has 0 aliphatic rings. The van der Waals surface area contributed by atoms with Gasteiger partial charge in [0.05, 0.1) is 7.11 Å². The lowest BCUT2D eigenvalue weighted by molar-refractivity contribution is -0.121. The summed E-state index contributed by atoms with van der Waals surface area (Å²) in [6.07, 6.45) is 3.76. The minimum atomic E-state index is 0.0316. The Morgan fingerprint density at radius 3 is 2.76 bits per heavy atom. The average molecular weight is 388 g/mol. The number of aromatic nitrogens is 1. The number of furan rings is 1. The van der Waals surface area contributed by atoms with Crippen LogP contribution in [0.2, 0.25) is 0 Å². The highest BCUT2D eigenvalue weighted by atomic mass is 16.5. The molecule has 2 aromatic heterocycles. The Kier molecular flexibility index (Phi) is 5.66. The molecule has 5 nitrogen and oxygen atoms in total. The Labute approximate surface area is 169 Å². The van der Waals surface area contributed by atoms with Crippen molar-refractivity contribution in [3.05, 3.63) is 78.2 Å². The zero-order valence-corrected chi connectivity index (χ0v) is 16.4. The molecule has 0 atom stereocenters. The van der Waals surface area contributed by atoms with Gasteiger partial charge in [-0.15, -0.1) is 0 Å². The predicted molar refractivity (Wildman–Crippen MR) is 114 cm³/mol. The molecule has 0 aliphatic heterocycles. The molecule has 0 fully saturated rings. The van der Waals surface area contributed by atoms with Crippen LogP contribution in [0.15, 0.2) is 71.3 Å². The van der Waals surface area contributed by atoms with Crippen molar-refractivity contribution in [2.75, 3.05) is 13.7 Å². The Bertz CT molecular complexity index is 1100. The van der Waals surface area contributed by atoms with Gasteiger partial charge in [0, 0.05) is 48.1 Å². The van der Waals surface area contributed by atoms with E-state index in [9.17, 15) is 4.79 Å². The summed E-state index contributed by atoms with van der Waals surface area (Å²) >= 11 is 0. The van der Waals surface area contributed by atoms with Crippen LogP contribution >= 0.6 is 0 Å². The quantitative estimate of drug-likeness (QED) is 0.459. The SMILES string of the molecule is COc1ccc2c(CCNC(=O)CCc3ccc(-c4ccccc4)o3)c[nH]c2c1. The fourth-order valence-corrected chi connectivity index (χ4v) is 3.43. The van der Waals surface area contributed by atoms with E-state index in [1.807, 2.05) is 66.9 Å². The minimum absolute atomic E-state index is 0.0316. The fourth-order valence-electron chi connectivity index (χ4n) is 3.43. The lowest BCUT2D eigenvalue weighted by atomic mass is 10.1. The van der Waals surface area contributed by atoms with Gasteiger partial charge in [0.15, 0.2) is 0 Å². The molecule has 1 amide bonds. The number of aryl methyl sites for hydroxylation is 1. The number of ether oxygens (including phenoxy) is 1. The van der Waals surface area contributed by atoms with Crippen molar-refractivity contribution in [3.63, 3.8) is 0 Å². The van der Waals surface area contributed by atoms with Gasteiger partial charge in [-0.1, -0.05) is 30.3 Å². The second-order valence-corrected chi connectivity index (χ2v) is 6.96. The average Bonchev–Trinajstić information content (AvgIpc) is 3.40. The van der Waals surface area contributed by atoms with Gasteiger partial charge in [0.2, 0.25) is 5.91 Å². The molecule has 2 aromatic carbocycles. The molecule has 29 heavy (non-hydrogen) atoms. The number of benzene rings is 2. The molecule has 2 heterocycles. The van der Waals surface area contributed by atoms with E-state index in [2.05, 4.69) is 10.3 Å². The Hall–Kier alpha value is -3.47. The zero-order chi connectivity index (χ0) is 20.1. The largest absolute Gasteiger partial charge is 0.497 e. The van der Waals surface area contributed by atoms with Gasteiger partial charge in [0.1, 0.15) is 17.3 Å². The van der Waals surface area contributed by atoms with Crippen LogP contribution in [0.3, 0.4) is 0 Å². The number of rotatable bonds is 8. The molecule has 0 bridgehead atoms. The standard InChI is InChI=1S/C24H24N2O3/c1-28-20-7-10-21-18(16-26-22(21)15-20)13-14-25-24(27)12-9-19-8-11-23(29-19)17-5-3-2-4-6-17/h2-8,10-11,15-16,26H,9,12-14H2,1H3,(H,25,27). The first-order valence-corrected chi connectivity index (χ1v) is 9.78. The third-order valence-electron chi connectivity index (χ3n) is 5.01. The molecule has 0 saturated carbocycles. The molecule has 0 aliphatic carbocycles. The number of hydrogen-bond donors (Lipinski definition) is 2. The highest BCUT2D eigenvalue weighted by molar-refractivity contribution is 5.84. The van der Waals surface area contributed by atoms with Crippen molar-refractivity contribution in [1.29, 1.82) is 0 Å². The predicted octanol–water partition coefficient (Wildman–Crippen LogP) is 4.73. The number of fused-ring (bicyclic) bond motifs is 1. The third-order valence-corrected chi connectivity index (χ3v) is 5.01. The smallest absolute Gasteiger partial charge is 0.220 e. The van der Waals surface area contributed by atoms with Crippen molar-refractivity contribution >= 4 is 16.8 Å². The summed E-state index contributed by atoms with van der Waals surface area (Å²) in [7, 11) is 1.66. The fraction of sp³-hybridized carbons (Fsp3) is 0.208. The van der Waals surface area contributed by atoms with Crippen molar-refractivity contribution < 1.29 is 13.9 Å². The van der Waals surface area contributed by atoms with E-state index in [0.29, 0.717) is 19.4 Å². The molecular weight excluding hydrogens is 364 g/mol. The summed E-state index contributed by atoms with van der Waals surface area (Å²) in [6.45, 7) is 0.602. The summed E-state index contributed by atoms with van der Waals surface area (Å²) in [5.41, 5.74) is 3.26. The number of methoxy groups -OCH3 is 1. The summed E-state index contributed by atoms with van der Waals surface area (Å²) < 4.78 is 11.1. The first kappa shape index (κ1) is 18.9. The number of amides is 1. The maximum atomic E-state index is 12.2. The molecule has 0 radical (unpaired) electrons. The van der Waals surface area contributed by atoms with Crippen molar-refractivity contribution in [2.24, 2.45) is 0 Å². The summed E-state index contributed by atoms with van der Waals surface area (Å²) in [4.78, 5) is 15.4. The van der Waals surface area contributed by atoms with Crippen molar-refractivity contribution in [3.8, 4) is 17.1 Å². The number of nitrogens with one attached hydrogen (secondary N) is 2. The van der Waals surface area contributed by atoms with E-state index < -0.39 is 0 Å². The van der Waals surface area contributed by atoms with Gasteiger partial charge in [-0.2, -0.15) is 0 Å². The van der Waals surface area contributed by atoms with Crippen molar-refractivity contribution in [2.45, 2.75) is 19.3 Å². The first-order chi connectivity index (χ1) is 14.2. The van der Waals surface area contributed by atoms with Gasteiger partial charge in [-0.25, -0.2) is 0 Å². The monoisotopic (exact) mass is 388 g/mol. The second kappa shape index (κ2) is 8.69. The molecule has 0 unspecified atom stereocenters. The van der Waals surface area contributed by atoms with Crippen LogP contribution in [0.1, 0.15) is 17.7 Å². The van der Waals surface area contributed by atoms with Crippen LogP contribution in [-0.2, 0) is 17.6 Å². The van der Waals surface area contributed by atoms with Crippen LogP contribution in [-0.4, -0.2) is 24.5 Å². The van der Waals surface area contributed by atoms with Crippen molar-refractivity contribution in [1.82, 2.24) is 10.3 Å². The first-order valence-electron chi connectivity index (χ1n) is 9.78. The molecule has 0 spiro atoms. The maximum absolute atomic E-state index is 12.2. The van der Waals surface area contributed by atoms with Gasteiger partial charge >= 0.3 is 0 Å². The number of carbonyl (C=O) groups excluding carboxylic acids is 1. The van der Waals surface area contributed by atoms with Gasteiger partial charge in [-0.3, -0.25) is 4.79 Å². The zero-order valence-electron chi connectivity index (χ0n) is 16.4. The van der Waals surface area contributed by atoms with Gasteiger partial charge in [-0.05, 0) is 36.2 Å². The van der Waals surface area contributed by atoms with Crippen LogP contribution in [0, 0.1) is 0 Å². The molecular formula is C24H24N2O3. The molecule has 148 valence electrons. The van der Waals surface area contributed by atoms with E-state index in [0.717, 1.165) is 40.2 Å². The third kappa shape index (κ3) is 4.51. The van der Waals surface area contributed by atoms with Gasteiger partial charge in [0.25, 0.3) is 0 Å². The highest BCUT2D eigenvalue weighted by Crippen LogP contribution is 2.24. The second-order valence-electron chi connectivity index (χ2n) is 6.96. The van der Waals surface area contributed by atoms with E-state index in [1.165, 1.54) is 5.56 Å². The molecule has 2 N–H and O–H groups in total. The number of carbonyl (C=O) groups is 1. The van der Waals surface area contributed by atoms with E-state index in [-0.39, 0.29) is 5.91 Å². The Balaban J connectivity index is 1.25.